The molecule has 0 heterocycles. The van der Waals surface area contributed by atoms with Gasteiger partial charge in [-0.15, -0.1) is 0 Å². The van der Waals surface area contributed by atoms with Crippen LogP contribution in [0.25, 0.3) is 0 Å². The quantitative estimate of drug-likeness (QED) is 0.282. The summed E-state index contributed by atoms with van der Waals surface area (Å²) in [5.41, 5.74) is 0.914. The van der Waals surface area contributed by atoms with Crippen LogP contribution in [0.5, 0.6) is 11.5 Å². The second-order valence-corrected chi connectivity index (χ2v) is 11.5. The largest absolute Gasteiger partial charge is 0.497 e. The molecule has 2 amide bonds. The van der Waals surface area contributed by atoms with Crippen molar-refractivity contribution < 1.29 is 27.5 Å². The van der Waals surface area contributed by atoms with E-state index in [0.717, 1.165) is 16.3 Å². The molecule has 3 aromatic carbocycles. The lowest BCUT2D eigenvalue weighted by atomic mass is 10.1. The van der Waals surface area contributed by atoms with Crippen molar-refractivity contribution in [2.24, 2.45) is 0 Å². The van der Waals surface area contributed by atoms with Gasteiger partial charge in [-0.3, -0.25) is 13.9 Å². The third-order valence-electron chi connectivity index (χ3n) is 6.32. The standard InChI is InChI=1S/C30H36ClN3O6S/c1-5-18-32-30(36)22(3)33(20-23-10-9-11-25(19-23)39-4)29(35)21-34(27-12-7-8-13-28(27)40-6-2)41(37,38)26-16-14-24(31)15-17-26/h7-17,19,22H,5-6,18,20-21H2,1-4H3,(H,32,36). The Morgan fingerprint density at radius 1 is 1.00 bits per heavy atom. The highest BCUT2D eigenvalue weighted by Gasteiger charge is 2.33. The lowest BCUT2D eigenvalue weighted by Crippen LogP contribution is -2.51. The Kier molecular flexibility index (Phi) is 11.4. The predicted molar refractivity (Wildman–Crippen MR) is 160 cm³/mol. The Morgan fingerprint density at radius 3 is 2.37 bits per heavy atom. The summed E-state index contributed by atoms with van der Waals surface area (Å²) in [5.74, 6) is -0.0234. The van der Waals surface area contributed by atoms with Gasteiger partial charge in [0.05, 0.1) is 24.3 Å². The Bertz CT molecular complexity index is 1430. The van der Waals surface area contributed by atoms with Crippen LogP contribution in [0, 0.1) is 0 Å². The highest BCUT2D eigenvalue weighted by molar-refractivity contribution is 7.92. The summed E-state index contributed by atoms with van der Waals surface area (Å²) in [4.78, 5) is 28.4. The molecule has 41 heavy (non-hydrogen) atoms. The number of ether oxygens (including phenoxy) is 2. The maximum absolute atomic E-state index is 14.1. The number of carbonyl (C=O) groups excluding carboxylic acids is 2. The number of rotatable bonds is 14. The lowest BCUT2D eigenvalue weighted by Gasteiger charge is -2.32. The zero-order valence-corrected chi connectivity index (χ0v) is 25.2. The molecule has 0 saturated heterocycles. The van der Waals surface area contributed by atoms with Crippen molar-refractivity contribution in [3.63, 3.8) is 0 Å². The monoisotopic (exact) mass is 601 g/mol. The van der Waals surface area contributed by atoms with Crippen molar-refractivity contribution in [2.45, 2.75) is 44.7 Å². The van der Waals surface area contributed by atoms with Gasteiger partial charge in [0.2, 0.25) is 11.8 Å². The molecule has 0 radical (unpaired) electrons. The molecule has 1 N–H and O–H groups in total. The molecular weight excluding hydrogens is 566 g/mol. The molecule has 9 nitrogen and oxygen atoms in total. The SMILES string of the molecule is CCCNC(=O)C(C)N(Cc1cccc(OC)c1)C(=O)CN(c1ccccc1OCC)S(=O)(=O)c1ccc(Cl)cc1. The first-order valence-electron chi connectivity index (χ1n) is 13.3. The minimum absolute atomic E-state index is 0.0471. The van der Waals surface area contributed by atoms with E-state index in [0.29, 0.717) is 23.1 Å². The van der Waals surface area contributed by atoms with E-state index in [-0.39, 0.29) is 29.6 Å². The topological polar surface area (TPSA) is 105 Å². The highest BCUT2D eigenvalue weighted by Crippen LogP contribution is 2.33. The fourth-order valence-corrected chi connectivity index (χ4v) is 5.68. The maximum atomic E-state index is 14.1. The van der Waals surface area contributed by atoms with E-state index in [1.807, 2.05) is 13.0 Å². The van der Waals surface area contributed by atoms with Crippen LogP contribution in [0.2, 0.25) is 5.02 Å². The van der Waals surface area contributed by atoms with Gasteiger partial charge >= 0.3 is 0 Å². The van der Waals surface area contributed by atoms with Crippen LogP contribution in [-0.4, -0.2) is 58.0 Å². The summed E-state index contributed by atoms with van der Waals surface area (Å²) < 4.78 is 40.1. The summed E-state index contributed by atoms with van der Waals surface area (Å²) in [6.45, 7) is 5.55. The Hall–Kier alpha value is -3.76. The number of methoxy groups -OCH3 is 1. The number of benzene rings is 3. The molecule has 0 fully saturated rings. The molecule has 0 aliphatic rings. The summed E-state index contributed by atoms with van der Waals surface area (Å²) >= 11 is 6.01. The Morgan fingerprint density at radius 2 is 1.71 bits per heavy atom. The summed E-state index contributed by atoms with van der Waals surface area (Å²) in [5, 5.41) is 3.20. The second kappa shape index (κ2) is 14.7. The molecule has 3 rings (SSSR count). The molecular formula is C30H36ClN3O6S. The zero-order chi connectivity index (χ0) is 30.0. The molecule has 220 valence electrons. The number of sulfonamides is 1. The van der Waals surface area contributed by atoms with Crippen LogP contribution in [0.4, 0.5) is 5.69 Å². The molecule has 0 aliphatic carbocycles. The average molecular weight is 602 g/mol. The van der Waals surface area contributed by atoms with Crippen molar-refractivity contribution in [2.75, 3.05) is 31.1 Å². The van der Waals surface area contributed by atoms with Gasteiger partial charge in [0.15, 0.2) is 0 Å². The van der Waals surface area contributed by atoms with Crippen molar-refractivity contribution in [3.05, 3.63) is 83.4 Å². The number of hydrogen-bond donors (Lipinski definition) is 1. The number of carbonyl (C=O) groups is 2. The van der Waals surface area contributed by atoms with E-state index in [1.165, 1.54) is 36.3 Å². The molecule has 1 atom stereocenters. The predicted octanol–water partition coefficient (Wildman–Crippen LogP) is 4.89. The van der Waals surface area contributed by atoms with E-state index in [1.54, 1.807) is 56.3 Å². The zero-order valence-electron chi connectivity index (χ0n) is 23.7. The Balaban J connectivity index is 2.08. The lowest BCUT2D eigenvalue weighted by molar-refractivity contribution is -0.139. The van der Waals surface area contributed by atoms with Gasteiger partial charge in [-0.2, -0.15) is 0 Å². The molecule has 0 aliphatic heterocycles. The summed E-state index contributed by atoms with van der Waals surface area (Å²) in [6.07, 6.45) is 0.726. The Labute approximate surface area is 247 Å². The van der Waals surface area contributed by atoms with Crippen LogP contribution >= 0.6 is 11.6 Å². The van der Waals surface area contributed by atoms with E-state index in [2.05, 4.69) is 5.32 Å². The van der Waals surface area contributed by atoms with Gasteiger partial charge < -0.3 is 19.7 Å². The van der Waals surface area contributed by atoms with Gasteiger partial charge in [0.25, 0.3) is 10.0 Å². The second-order valence-electron chi connectivity index (χ2n) is 9.21. The number of anilines is 1. The third kappa shape index (κ3) is 8.14. The fourth-order valence-electron chi connectivity index (χ4n) is 4.13. The summed E-state index contributed by atoms with van der Waals surface area (Å²) in [7, 11) is -2.72. The molecule has 1 unspecified atom stereocenters. The van der Waals surface area contributed by atoms with E-state index in [4.69, 9.17) is 21.1 Å². The number of nitrogens with one attached hydrogen (secondary N) is 1. The summed E-state index contributed by atoms with van der Waals surface area (Å²) in [6, 6.07) is 18.6. The van der Waals surface area contributed by atoms with Gasteiger partial charge in [0.1, 0.15) is 24.1 Å². The van der Waals surface area contributed by atoms with E-state index < -0.39 is 28.5 Å². The maximum Gasteiger partial charge on any atom is 0.264 e. The normalized spacial score (nSPS) is 11.8. The highest BCUT2D eigenvalue weighted by atomic mass is 35.5. The van der Waals surface area contributed by atoms with Crippen molar-refractivity contribution in [1.82, 2.24) is 10.2 Å². The van der Waals surface area contributed by atoms with Crippen LogP contribution in [0.3, 0.4) is 0 Å². The number of halogens is 1. The average Bonchev–Trinajstić information content (AvgIpc) is 2.97. The smallest absolute Gasteiger partial charge is 0.264 e. The molecule has 0 aromatic heterocycles. The molecule has 3 aromatic rings. The van der Waals surface area contributed by atoms with Crippen LogP contribution < -0.4 is 19.1 Å². The molecule has 11 heteroatoms. The van der Waals surface area contributed by atoms with Crippen LogP contribution in [0.1, 0.15) is 32.8 Å². The number of para-hydroxylation sites is 2. The number of hydrogen-bond acceptors (Lipinski definition) is 6. The van der Waals surface area contributed by atoms with Crippen molar-refractivity contribution in [3.8, 4) is 11.5 Å². The minimum atomic E-state index is -4.26. The molecule has 0 spiro atoms. The van der Waals surface area contributed by atoms with Gasteiger partial charge in [0, 0.05) is 18.1 Å². The van der Waals surface area contributed by atoms with Gasteiger partial charge in [-0.25, -0.2) is 8.42 Å². The third-order valence-corrected chi connectivity index (χ3v) is 8.34. The number of amides is 2. The molecule has 0 saturated carbocycles. The number of nitrogens with zero attached hydrogens (tertiary/aromatic N) is 2. The van der Waals surface area contributed by atoms with Gasteiger partial charge in [-0.05, 0) is 74.4 Å². The van der Waals surface area contributed by atoms with E-state index in [9.17, 15) is 18.0 Å². The van der Waals surface area contributed by atoms with E-state index >= 15 is 0 Å². The van der Waals surface area contributed by atoms with Crippen molar-refractivity contribution >= 4 is 39.1 Å². The first-order chi connectivity index (χ1) is 19.6. The minimum Gasteiger partial charge on any atom is -0.497 e. The molecule has 0 bridgehead atoms. The van der Waals surface area contributed by atoms with Crippen LogP contribution in [0.15, 0.2) is 77.7 Å². The fraction of sp³-hybridized carbons (Fsp3) is 0.333. The van der Waals surface area contributed by atoms with Crippen LogP contribution in [-0.2, 0) is 26.2 Å². The first kappa shape index (κ1) is 31.8. The van der Waals surface area contributed by atoms with Crippen molar-refractivity contribution in [1.29, 1.82) is 0 Å². The first-order valence-corrected chi connectivity index (χ1v) is 15.1. The van der Waals surface area contributed by atoms with Gasteiger partial charge in [-0.1, -0.05) is 42.8 Å².